The second-order valence-corrected chi connectivity index (χ2v) is 5.10. The molecule has 0 aliphatic heterocycles. The van der Waals surface area contributed by atoms with Crippen LogP contribution in [0.4, 0.5) is 5.95 Å². The maximum Gasteiger partial charge on any atom is 0.263 e. The Balaban J connectivity index is 1.76. The molecule has 1 aromatic carbocycles. The molecule has 0 saturated heterocycles. The second-order valence-electron chi connectivity index (χ2n) is 4.26. The number of nitrogen functional groups attached to an aromatic ring is 1. The molecule has 3 N–H and O–H groups in total. The molecule has 9 heteroatoms. The molecule has 0 amide bonds. The summed E-state index contributed by atoms with van der Waals surface area (Å²) in [4.78, 5) is 0. The lowest BCUT2D eigenvalue weighted by molar-refractivity contribution is 0.575. The zero-order valence-electron chi connectivity index (χ0n) is 11.1. The fourth-order valence-electron chi connectivity index (χ4n) is 1.73. The van der Waals surface area contributed by atoms with Gasteiger partial charge in [0.05, 0.1) is 11.2 Å². The predicted molar refractivity (Wildman–Crippen MR) is 85.6 cm³/mol. The molecule has 0 atom stereocenters. The van der Waals surface area contributed by atoms with Crippen LogP contribution >= 0.6 is 23.2 Å². The lowest BCUT2D eigenvalue weighted by Crippen LogP contribution is -2.10. The molecule has 0 bridgehead atoms. The third-order valence-corrected chi connectivity index (χ3v) is 3.31. The Morgan fingerprint density at radius 1 is 1.27 bits per heavy atom. The molecular formula is C13H10Cl2N6O. The van der Waals surface area contributed by atoms with Gasteiger partial charge in [-0.3, -0.25) is 0 Å². The fourth-order valence-corrected chi connectivity index (χ4v) is 2.11. The molecule has 7 nitrogen and oxygen atoms in total. The van der Waals surface area contributed by atoms with Crippen LogP contribution < -0.4 is 11.3 Å². The number of benzene rings is 1. The van der Waals surface area contributed by atoms with E-state index in [4.69, 9.17) is 33.5 Å². The van der Waals surface area contributed by atoms with Crippen LogP contribution in [0.3, 0.4) is 0 Å². The number of hydrogen-bond acceptors (Lipinski definition) is 6. The first-order valence-corrected chi connectivity index (χ1v) is 6.88. The van der Waals surface area contributed by atoms with Crippen LogP contribution in [0.5, 0.6) is 0 Å². The van der Waals surface area contributed by atoms with E-state index in [1.54, 1.807) is 30.3 Å². The Bertz CT molecular complexity index is 826. The van der Waals surface area contributed by atoms with Gasteiger partial charge in [0.25, 0.3) is 5.95 Å². The summed E-state index contributed by atoms with van der Waals surface area (Å²) in [5, 5.41) is 12.4. The number of aromatic nitrogens is 3. The maximum atomic E-state index is 6.13. The minimum Gasteiger partial charge on any atom is -0.455 e. The van der Waals surface area contributed by atoms with E-state index < -0.39 is 0 Å². The molecule has 0 spiro atoms. The maximum absolute atomic E-state index is 6.13. The van der Waals surface area contributed by atoms with Crippen LogP contribution in [0.15, 0.2) is 46.2 Å². The molecule has 0 radical (unpaired) electrons. The van der Waals surface area contributed by atoms with E-state index in [1.807, 2.05) is 0 Å². The summed E-state index contributed by atoms with van der Waals surface area (Å²) in [6.45, 7) is 0. The second kappa shape index (κ2) is 6.08. The van der Waals surface area contributed by atoms with Crippen molar-refractivity contribution in [3.8, 4) is 11.3 Å². The lowest BCUT2D eigenvalue weighted by atomic mass is 10.2. The largest absolute Gasteiger partial charge is 0.455 e. The predicted octanol–water partition coefficient (Wildman–Crippen LogP) is 3.00. The Morgan fingerprint density at radius 3 is 2.91 bits per heavy atom. The van der Waals surface area contributed by atoms with Crippen LogP contribution in [0.1, 0.15) is 5.76 Å². The van der Waals surface area contributed by atoms with Crippen LogP contribution in [0.25, 0.3) is 11.3 Å². The number of halogens is 2. The molecule has 3 aromatic rings. The van der Waals surface area contributed by atoms with Gasteiger partial charge in [-0.05, 0) is 30.3 Å². The first-order valence-electron chi connectivity index (χ1n) is 6.13. The van der Waals surface area contributed by atoms with E-state index in [2.05, 4.69) is 20.7 Å². The molecule has 2 heterocycles. The number of hydrogen-bond donors (Lipinski definition) is 2. The first-order chi connectivity index (χ1) is 10.6. The van der Waals surface area contributed by atoms with E-state index in [0.29, 0.717) is 33.1 Å². The Labute approximate surface area is 135 Å². The topological polar surface area (TPSA) is 94.3 Å². The van der Waals surface area contributed by atoms with Crippen molar-refractivity contribution in [1.29, 1.82) is 0 Å². The van der Waals surface area contributed by atoms with Crippen LogP contribution in [-0.4, -0.2) is 21.1 Å². The zero-order valence-corrected chi connectivity index (χ0v) is 12.6. The SMILES string of the molecule is Nn1cnnc1N/N=C/c1ccc(-c2cc(Cl)ccc2Cl)o1. The van der Waals surface area contributed by atoms with Gasteiger partial charge in [-0.15, -0.1) is 10.2 Å². The molecular weight excluding hydrogens is 327 g/mol. The van der Waals surface area contributed by atoms with Gasteiger partial charge in [0, 0.05) is 10.6 Å². The summed E-state index contributed by atoms with van der Waals surface area (Å²) in [6.07, 6.45) is 2.83. The highest BCUT2D eigenvalue weighted by Gasteiger charge is 2.08. The van der Waals surface area contributed by atoms with Crippen LogP contribution in [-0.2, 0) is 0 Å². The van der Waals surface area contributed by atoms with Gasteiger partial charge in [-0.25, -0.2) is 10.1 Å². The highest BCUT2D eigenvalue weighted by molar-refractivity contribution is 6.35. The zero-order chi connectivity index (χ0) is 15.5. The van der Waals surface area contributed by atoms with Crippen molar-refractivity contribution in [2.75, 3.05) is 11.3 Å². The van der Waals surface area contributed by atoms with Gasteiger partial charge >= 0.3 is 0 Å². The number of nitrogens with two attached hydrogens (primary N) is 1. The lowest BCUT2D eigenvalue weighted by Gasteiger charge is -2.01. The highest BCUT2D eigenvalue weighted by Crippen LogP contribution is 2.31. The van der Waals surface area contributed by atoms with Gasteiger partial charge in [0.1, 0.15) is 17.8 Å². The standard InChI is InChI=1S/C13H10Cl2N6O/c14-8-1-3-11(15)10(5-8)12-4-2-9(22-12)6-17-19-13-20-18-7-21(13)16/h1-7H,16H2,(H,19,20)/b17-6+. The van der Waals surface area contributed by atoms with Crippen molar-refractivity contribution < 1.29 is 4.42 Å². The Kier molecular flexibility index (Phi) is 3.99. The Morgan fingerprint density at radius 2 is 2.14 bits per heavy atom. The highest BCUT2D eigenvalue weighted by atomic mass is 35.5. The van der Waals surface area contributed by atoms with Gasteiger partial charge < -0.3 is 10.3 Å². The van der Waals surface area contributed by atoms with Gasteiger partial charge in [-0.2, -0.15) is 5.10 Å². The van der Waals surface area contributed by atoms with Crippen LogP contribution in [0, 0.1) is 0 Å². The fraction of sp³-hybridized carbons (Fsp3) is 0. The van der Waals surface area contributed by atoms with Crippen molar-refractivity contribution in [1.82, 2.24) is 14.9 Å². The minimum absolute atomic E-state index is 0.306. The minimum atomic E-state index is 0.306. The molecule has 0 unspecified atom stereocenters. The summed E-state index contributed by atoms with van der Waals surface area (Å²) in [6, 6.07) is 8.70. The average Bonchev–Trinajstić information content (AvgIpc) is 3.12. The molecule has 112 valence electrons. The van der Waals surface area contributed by atoms with Crippen molar-refractivity contribution in [2.24, 2.45) is 5.10 Å². The molecule has 2 aromatic heterocycles. The van der Waals surface area contributed by atoms with Crippen molar-refractivity contribution in [3.63, 3.8) is 0 Å². The summed E-state index contributed by atoms with van der Waals surface area (Å²) in [7, 11) is 0. The van der Waals surface area contributed by atoms with E-state index in [-0.39, 0.29) is 0 Å². The van der Waals surface area contributed by atoms with E-state index in [0.717, 1.165) is 0 Å². The van der Waals surface area contributed by atoms with Gasteiger partial charge in [0.15, 0.2) is 0 Å². The quantitative estimate of drug-likeness (QED) is 0.434. The Hall–Kier alpha value is -2.51. The van der Waals surface area contributed by atoms with Crippen molar-refractivity contribution in [3.05, 3.63) is 52.5 Å². The third-order valence-electron chi connectivity index (χ3n) is 2.75. The molecule has 0 fully saturated rings. The van der Waals surface area contributed by atoms with E-state index >= 15 is 0 Å². The van der Waals surface area contributed by atoms with E-state index in [1.165, 1.54) is 17.2 Å². The summed E-state index contributed by atoms with van der Waals surface area (Å²) < 4.78 is 6.85. The van der Waals surface area contributed by atoms with Crippen LogP contribution in [0.2, 0.25) is 10.0 Å². The van der Waals surface area contributed by atoms with Crippen molar-refractivity contribution >= 4 is 35.4 Å². The summed E-state index contributed by atoms with van der Waals surface area (Å²) >= 11 is 12.1. The molecule has 0 saturated carbocycles. The average molecular weight is 337 g/mol. The molecule has 0 aliphatic carbocycles. The number of rotatable bonds is 4. The monoisotopic (exact) mass is 336 g/mol. The normalized spacial score (nSPS) is 11.2. The third kappa shape index (κ3) is 3.05. The number of hydrazone groups is 1. The van der Waals surface area contributed by atoms with Crippen molar-refractivity contribution in [2.45, 2.75) is 0 Å². The molecule has 0 aliphatic rings. The van der Waals surface area contributed by atoms with Gasteiger partial charge in [-0.1, -0.05) is 23.2 Å². The summed E-state index contributed by atoms with van der Waals surface area (Å²) in [5.74, 6) is 6.96. The smallest absolute Gasteiger partial charge is 0.263 e. The number of furan rings is 1. The van der Waals surface area contributed by atoms with E-state index in [9.17, 15) is 0 Å². The molecule has 3 rings (SSSR count). The number of nitrogens with one attached hydrogen (secondary N) is 1. The summed E-state index contributed by atoms with van der Waals surface area (Å²) in [5.41, 5.74) is 3.35. The first kappa shape index (κ1) is 14.4. The number of anilines is 1. The molecule has 22 heavy (non-hydrogen) atoms. The number of nitrogens with zero attached hydrogens (tertiary/aromatic N) is 4. The van der Waals surface area contributed by atoms with Gasteiger partial charge in [0.2, 0.25) is 0 Å².